The molecule has 0 heterocycles. The van der Waals surface area contributed by atoms with Crippen LogP contribution in [0.2, 0.25) is 0 Å². The van der Waals surface area contributed by atoms with Crippen LogP contribution >= 0.6 is 0 Å². The molecule has 17 heavy (non-hydrogen) atoms. The zero-order valence-electron chi connectivity index (χ0n) is 10.1. The number of phenols is 1. The molecule has 0 saturated heterocycles. The Kier molecular flexibility index (Phi) is 4.78. The van der Waals surface area contributed by atoms with Crippen molar-refractivity contribution in [3.63, 3.8) is 0 Å². The van der Waals surface area contributed by atoms with E-state index >= 15 is 0 Å². The molecule has 0 aromatic heterocycles. The third-order valence-corrected chi connectivity index (χ3v) is 2.41. The van der Waals surface area contributed by atoms with Crippen molar-refractivity contribution in [3.8, 4) is 11.5 Å². The molecule has 5 nitrogen and oxygen atoms in total. The van der Waals surface area contributed by atoms with E-state index in [1.807, 2.05) is 6.92 Å². The molecule has 1 atom stereocenters. The number of amides is 1. The molecule has 0 saturated carbocycles. The summed E-state index contributed by atoms with van der Waals surface area (Å²) in [7, 11) is 0. The molecule has 0 radical (unpaired) electrons. The average Bonchev–Trinajstić information content (AvgIpc) is 2.30. The van der Waals surface area contributed by atoms with E-state index in [2.05, 4.69) is 5.32 Å². The zero-order chi connectivity index (χ0) is 12.8. The van der Waals surface area contributed by atoms with Gasteiger partial charge in [0.1, 0.15) is 0 Å². The summed E-state index contributed by atoms with van der Waals surface area (Å²) in [6, 6.07) is 4.81. The van der Waals surface area contributed by atoms with E-state index in [1.165, 1.54) is 0 Å². The maximum absolute atomic E-state index is 10.8. The van der Waals surface area contributed by atoms with E-state index in [9.17, 15) is 9.90 Å². The van der Waals surface area contributed by atoms with Crippen molar-refractivity contribution >= 4 is 5.91 Å². The molecule has 1 aromatic carbocycles. The molecule has 0 aliphatic heterocycles. The van der Waals surface area contributed by atoms with Crippen LogP contribution in [0.4, 0.5) is 0 Å². The maximum Gasteiger partial charge on any atom is 0.234 e. The summed E-state index contributed by atoms with van der Waals surface area (Å²) in [6.07, 6.45) is 0. The minimum Gasteiger partial charge on any atom is -0.504 e. The largest absolute Gasteiger partial charge is 0.504 e. The van der Waals surface area contributed by atoms with E-state index in [4.69, 9.17) is 10.5 Å². The number of carbonyl (C=O) groups is 1. The highest BCUT2D eigenvalue weighted by Crippen LogP contribution is 2.29. The van der Waals surface area contributed by atoms with Crippen molar-refractivity contribution < 1.29 is 14.6 Å². The van der Waals surface area contributed by atoms with Gasteiger partial charge >= 0.3 is 0 Å². The van der Waals surface area contributed by atoms with Crippen LogP contribution in [-0.4, -0.2) is 23.7 Å². The van der Waals surface area contributed by atoms with E-state index in [0.717, 1.165) is 0 Å². The van der Waals surface area contributed by atoms with Gasteiger partial charge in [0.25, 0.3) is 0 Å². The van der Waals surface area contributed by atoms with Crippen molar-refractivity contribution in [1.29, 1.82) is 0 Å². The zero-order valence-corrected chi connectivity index (χ0v) is 10.1. The van der Waals surface area contributed by atoms with Crippen molar-refractivity contribution in [2.75, 3.05) is 6.61 Å². The molecule has 94 valence electrons. The molecule has 0 bridgehead atoms. The van der Waals surface area contributed by atoms with E-state index in [1.54, 1.807) is 25.1 Å². The molecule has 0 aliphatic carbocycles. The molecule has 1 unspecified atom stereocenters. The number of hydrogen-bond donors (Lipinski definition) is 3. The molecule has 1 amide bonds. The second-order valence-electron chi connectivity index (χ2n) is 3.70. The Bertz CT molecular complexity index is 393. The average molecular weight is 238 g/mol. The predicted octanol–water partition coefficient (Wildman–Crippen LogP) is 0.754. The lowest BCUT2D eigenvalue weighted by atomic mass is 10.1. The summed E-state index contributed by atoms with van der Waals surface area (Å²) in [6.45, 7) is 4.37. The van der Waals surface area contributed by atoms with Gasteiger partial charge in [-0.25, -0.2) is 0 Å². The van der Waals surface area contributed by atoms with Crippen LogP contribution < -0.4 is 15.8 Å². The molecule has 5 heteroatoms. The minimum absolute atomic E-state index is 0.0959. The van der Waals surface area contributed by atoms with Crippen LogP contribution in [0.25, 0.3) is 0 Å². The first-order valence-corrected chi connectivity index (χ1v) is 5.52. The first kappa shape index (κ1) is 13.3. The fourth-order valence-corrected chi connectivity index (χ4v) is 1.35. The third-order valence-electron chi connectivity index (χ3n) is 2.41. The Morgan fingerprint density at radius 2 is 2.29 bits per heavy atom. The highest BCUT2D eigenvalue weighted by molar-refractivity contribution is 5.79. The van der Waals surface area contributed by atoms with Gasteiger partial charge in [-0.3, -0.25) is 4.79 Å². The lowest BCUT2D eigenvalue weighted by molar-refractivity contribution is -0.119. The molecular weight excluding hydrogens is 220 g/mol. The SMILES string of the molecule is CCOc1cccc(CNC(C)C(N)=O)c1O. The Labute approximate surface area is 101 Å². The van der Waals surface area contributed by atoms with Crippen LogP contribution in [0.3, 0.4) is 0 Å². The van der Waals surface area contributed by atoms with Crippen LogP contribution in [-0.2, 0) is 11.3 Å². The molecule has 1 rings (SSSR count). The van der Waals surface area contributed by atoms with Gasteiger partial charge in [0.2, 0.25) is 5.91 Å². The molecular formula is C12H18N2O3. The number of ether oxygens (including phenoxy) is 1. The number of para-hydroxylation sites is 1. The number of rotatable bonds is 6. The standard InChI is InChI=1S/C12H18N2O3/c1-3-17-10-6-4-5-9(11(10)15)7-14-8(2)12(13)16/h4-6,8,14-15H,3,7H2,1-2H3,(H2,13,16). The molecule has 0 aliphatic rings. The Balaban J connectivity index is 2.71. The number of nitrogens with two attached hydrogens (primary N) is 1. The molecule has 4 N–H and O–H groups in total. The number of benzene rings is 1. The normalized spacial score (nSPS) is 12.1. The summed E-state index contributed by atoms with van der Waals surface area (Å²) >= 11 is 0. The number of primary amides is 1. The van der Waals surface area contributed by atoms with Crippen LogP contribution in [0.1, 0.15) is 19.4 Å². The number of carbonyl (C=O) groups excluding carboxylic acids is 1. The van der Waals surface area contributed by atoms with Crippen molar-refractivity contribution in [2.24, 2.45) is 5.73 Å². The third kappa shape index (κ3) is 3.64. The van der Waals surface area contributed by atoms with E-state index < -0.39 is 11.9 Å². The number of phenolic OH excluding ortho intramolecular Hbond substituents is 1. The first-order valence-electron chi connectivity index (χ1n) is 5.52. The predicted molar refractivity (Wildman–Crippen MR) is 64.8 cm³/mol. The fourth-order valence-electron chi connectivity index (χ4n) is 1.35. The second-order valence-corrected chi connectivity index (χ2v) is 3.70. The summed E-state index contributed by atoms with van der Waals surface area (Å²) < 4.78 is 5.26. The van der Waals surface area contributed by atoms with Crippen LogP contribution in [0.15, 0.2) is 18.2 Å². The highest BCUT2D eigenvalue weighted by atomic mass is 16.5. The van der Waals surface area contributed by atoms with Crippen LogP contribution in [0, 0.1) is 0 Å². The summed E-state index contributed by atoms with van der Waals surface area (Å²) in [5, 5.41) is 12.8. The van der Waals surface area contributed by atoms with Gasteiger partial charge in [-0.05, 0) is 19.9 Å². The summed E-state index contributed by atoms with van der Waals surface area (Å²) in [5.41, 5.74) is 5.80. The lowest BCUT2D eigenvalue weighted by Gasteiger charge is -2.13. The molecule has 0 spiro atoms. The summed E-state index contributed by atoms with van der Waals surface area (Å²) in [5.74, 6) is 0.113. The van der Waals surface area contributed by atoms with Crippen molar-refractivity contribution in [1.82, 2.24) is 5.32 Å². The second kappa shape index (κ2) is 6.10. The molecule has 1 aromatic rings. The van der Waals surface area contributed by atoms with Gasteiger partial charge in [0.05, 0.1) is 12.6 Å². The minimum atomic E-state index is -0.440. The van der Waals surface area contributed by atoms with Crippen molar-refractivity contribution in [2.45, 2.75) is 26.4 Å². The molecule has 0 fully saturated rings. The van der Waals surface area contributed by atoms with Gasteiger partial charge in [0.15, 0.2) is 11.5 Å². The quantitative estimate of drug-likeness (QED) is 0.683. The first-order chi connectivity index (χ1) is 8.06. The van der Waals surface area contributed by atoms with Gasteiger partial charge in [0, 0.05) is 12.1 Å². The van der Waals surface area contributed by atoms with Gasteiger partial charge in [-0.1, -0.05) is 12.1 Å². The van der Waals surface area contributed by atoms with E-state index in [-0.39, 0.29) is 5.75 Å². The van der Waals surface area contributed by atoms with E-state index in [0.29, 0.717) is 24.5 Å². The monoisotopic (exact) mass is 238 g/mol. The Morgan fingerprint density at radius 3 is 2.88 bits per heavy atom. The maximum atomic E-state index is 10.8. The number of aromatic hydroxyl groups is 1. The number of nitrogens with one attached hydrogen (secondary N) is 1. The summed E-state index contributed by atoms with van der Waals surface area (Å²) in [4.78, 5) is 10.8. The van der Waals surface area contributed by atoms with Crippen LogP contribution in [0.5, 0.6) is 11.5 Å². The Hall–Kier alpha value is -1.75. The van der Waals surface area contributed by atoms with Crippen molar-refractivity contribution in [3.05, 3.63) is 23.8 Å². The van der Waals surface area contributed by atoms with Gasteiger partial charge in [-0.2, -0.15) is 0 Å². The van der Waals surface area contributed by atoms with Gasteiger partial charge < -0.3 is 20.9 Å². The number of hydrogen-bond acceptors (Lipinski definition) is 4. The lowest BCUT2D eigenvalue weighted by Crippen LogP contribution is -2.38. The van der Waals surface area contributed by atoms with Gasteiger partial charge in [-0.15, -0.1) is 0 Å². The topological polar surface area (TPSA) is 84.6 Å². The Morgan fingerprint density at radius 1 is 1.59 bits per heavy atom. The highest BCUT2D eigenvalue weighted by Gasteiger charge is 2.11. The smallest absolute Gasteiger partial charge is 0.234 e. The fraction of sp³-hybridized carbons (Fsp3) is 0.417.